The van der Waals surface area contributed by atoms with Gasteiger partial charge in [0, 0.05) is 39.3 Å². The van der Waals surface area contributed by atoms with E-state index in [1.54, 1.807) is 0 Å². The van der Waals surface area contributed by atoms with Gasteiger partial charge in [-0.05, 0) is 23.3 Å². The first-order chi connectivity index (χ1) is 14.0. The lowest BCUT2D eigenvalue weighted by Crippen LogP contribution is -2.45. The van der Waals surface area contributed by atoms with Gasteiger partial charge in [0.25, 0.3) is 0 Å². The predicted molar refractivity (Wildman–Crippen MR) is 105 cm³/mol. The summed E-state index contributed by atoms with van der Waals surface area (Å²) in [6.07, 6.45) is 0. The van der Waals surface area contributed by atoms with Gasteiger partial charge in [-0.1, -0.05) is 36.4 Å². The number of carbonyl (C=O) groups is 2. The number of hydrogen-bond donors (Lipinski definition) is 2. The van der Waals surface area contributed by atoms with E-state index in [4.69, 9.17) is 29.3 Å². The summed E-state index contributed by atoms with van der Waals surface area (Å²) < 4.78 is 10.8. The number of piperazine rings is 1. The molecule has 0 unspecified atom stereocenters. The molecule has 2 aromatic rings. The fourth-order valence-electron chi connectivity index (χ4n) is 3.24. The maximum Gasteiger partial charge on any atom is 0.414 e. The first kappa shape index (κ1) is 20.6. The van der Waals surface area contributed by atoms with Crippen LogP contribution in [-0.4, -0.2) is 64.9 Å². The van der Waals surface area contributed by atoms with Crippen molar-refractivity contribution in [3.05, 3.63) is 59.7 Å². The van der Waals surface area contributed by atoms with E-state index in [0.29, 0.717) is 6.79 Å². The van der Waals surface area contributed by atoms with Crippen molar-refractivity contribution < 1.29 is 29.3 Å². The number of fused-ring (bicyclic) bond motifs is 1. The topological polar surface area (TPSA) is 99.5 Å². The largest absolute Gasteiger partial charge is 0.473 e. The predicted octanol–water partition coefficient (Wildman–Crippen LogP) is 1.89. The summed E-state index contributed by atoms with van der Waals surface area (Å²) in [5, 5.41) is 14.8. The number of ether oxygens (including phenoxy) is 2. The molecule has 2 aromatic carbocycles. The molecule has 0 amide bonds. The molecule has 29 heavy (non-hydrogen) atoms. The fraction of sp³-hybridized carbons (Fsp3) is 0.333. The second kappa shape index (κ2) is 9.90. The minimum Gasteiger partial charge on any atom is -0.473 e. The average molecular weight is 400 g/mol. The lowest BCUT2D eigenvalue weighted by Gasteiger charge is -2.34. The van der Waals surface area contributed by atoms with Crippen molar-refractivity contribution in [2.45, 2.75) is 13.1 Å². The van der Waals surface area contributed by atoms with Crippen LogP contribution in [-0.2, 0) is 22.7 Å². The highest BCUT2D eigenvalue weighted by atomic mass is 16.7. The van der Waals surface area contributed by atoms with E-state index in [2.05, 4.69) is 52.3 Å². The van der Waals surface area contributed by atoms with Crippen molar-refractivity contribution in [2.24, 2.45) is 0 Å². The zero-order valence-electron chi connectivity index (χ0n) is 16.0. The van der Waals surface area contributed by atoms with Crippen LogP contribution in [0.25, 0.3) is 0 Å². The Balaban J connectivity index is 0.000000353. The monoisotopic (exact) mass is 400 g/mol. The van der Waals surface area contributed by atoms with Crippen LogP contribution in [0.4, 0.5) is 0 Å². The van der Waals surface area contributed by atoms with Crippen LogP contribution in [0.5, 0.6) is 11.5 Å². The van der Waals surface area contributed by atoms with Crippen LogP contribution in [0.15, 0.2) is 48.5 Å². The fourth-order valence-corrected chi connectivity index (χ4v) is 3.24. The van der Waals surface area contributed by atoms with Gasteiger partial charge in [0.1, 0.15) is 0 Å². The van der Waals surface area contributed by atoms with Gasteiger partial charge in [0.2, 0.25) is 6.79 Å². The Kier molecular flexibility index (Phi) is 7.04. The van der Waals surface area contributed by atoms with Gasteiger partial charge < -0.3 is 19.7 Å². The summed E-state index contributed by atoms with van der Waals surface area (Å²) in [5.74, 6) is -1.91. The normalized spacial score (nSPS) is 16.0. The van der Waals surface area contributed by atoms with E-state index in [9.17, 15) is 0 Å². The average Bonchev–Trinajstić information content (AvgIpc) is 3.18. The van der Waals surface area contributed by atoms with Crippen LogP contribution < -0.4 is 9.47 Å². The van der Waals surface area contributed by atoms with Crippen molar-refractivity contribution >= 4 is 11.9 Å². The Hall–Kier alpha value is -3.10. The molecule has 2 heterocycles. The number of hydrogen-bond acceptors (Lipinski definition) is 6. The van der Waals surface area contributed by atoms with Gasteiger partial charge in [-0.2, -0.15) is 0 Å². The number of aliphatic carboxylic acids is 2. The molecular formula is C21H24N2O6. The molecule has 0 aromatic heterocycles. The molecule has 0 spiro atoms. The molecule has 2 N–H and O–H groups in total. The first-order valence-corrected chi connectivity index (χ1v) is 9.34. The molecule has 1 fully saturated rings. The smallest absolute Gasteiger partial charge is 0.414 e. The van der Waals surface area contributed by atoms with Gasteiger partial charge in [0.15, 0.2) is 11.5 Å². The maximum atomic E-state index is 9.10. The second-order valence-corrected chi connectivity index (χ2v) is 6.84. The molecule has 8 nitrogen and oxygen atoms in total. The zero-order valence-corrected chi connectivity index (χ0v) is 16.0. The molecule has 0 saturated carbocycles. The van der Waals surface area contributed by atoms with E-state index < -0.39 is 11.9 Å². The summed E-state index contributed by atoms with van der Waals surface area (Å²) in [7, 11) is 0. The van der Waals surface area contributed by atoms with Crippen molar-refractivity contribution in [3.8, 4) is 11.5 Å². The highest BCUT2D eigenvalue weighted by molar-refractivity contribution is 6.27. The van der Waals surface area contributed by atoms with Crippen molar-refractivity contribution in [2.75, 3.05) is 33.0 Å². The molecule has 8 heteroatoms. The standard InChI is InChI=1S/C19H22N2O2.C2H2O4/c1-2-4-16(5-3-1)13-20-8-10-21(11-9-20)14-17-6-7-18-19(12-17)23-15-22-18;3-1(4)2(5)6/h1-7,12H,8-11,13-15H2;(H,3,4)(H,5,6). The Bertz CT molecular complexity index is 822. The Morgan fingerprint density at radius 1 is 0.759 bits per heavy atom. The van der Waals surface area contributed by atoms with Crippen molar-refractivity contribution in [3.63, 3.8) is 0 Å². The molecule has 1 saturated heterocycles. The number of nitrogens with zero attached hydrogens (tertiary/aromatic N) is 2. The Morgan fingerprint density at radius 2 is 1.31 bits per heavy atom. The lowest BCUT2D eigenvalue weighted by atomic mass is 10.1. The SMILES string of the molecule is O=C(O)C(=O)O.c1ccc(CN2CCN(Cc3ccc4c(c3)OCO4)CC2)cc1. The summed E-state index contributed by atoms with van der Waals surface area (Å²) >= 11 is 0. The van der Waals surface area contributed by atoms with E-state index in [-0.39, 0.29) is 0 Å². The van der Waals surface area contributed by atoms with Gasteiger partial charge in [0.05, 0.1) is 0 Å². The highest BCUT2D eigenvalue weighted by Gasteiger charge is 2.19. The number of rotatable bonds is 4. The third-order valence-electron chi connectivity index (χ3n) is 4.74. The summed E-state index contributed by atoms with van der Waals surface area (Å²) in [6, 6.07) is 17.0. The molecule has 4 rings (SSSR count). The van der Waals surface area contributed by atoms with Gasteiger partial charge in [-0.15, -0.1) is 0 Å². The Morgan fingerprint density at radius 3 is 1.90 bits per heavy atom. The molecule has 0 aliphatic carbocycles. The third-order valence-corrected chi connectivity index (χ3v) is 4.74. The van der Waals surface area contributed by atoms with Crippen LogP contribution >= 0.6 is 0 Å². The second-order valence-electron chi connectivity index (χ2n) is 6.84. The molecule has 2 aliphatic rings. The van der Waals surface area contributed by atoms with Crippen LogP contribution in [0, 0.1) is 0 Å². The van der Waals surface area contributed by atoms with Gasteiger partial charge in [-0.3, -0.25) is 9.80 Å². The Labute approximate surface area is 168 Å². The molecule has 2 aliphatic heterocycles. The number of carboxylic acids is 2. The molecule has 0 atom stereocenters. The molecule has 0 radical (unpaired) electrons. The van der Waals surface area contributed by atoms with Crippen LogP contribution in [0.2, 0.25) is 0 Å². The molecular weight excluding hydrogens is 376 g/mol. The minimum atomic E-state index is -1.82. The molecule has 0 bridgehead atoms. The number of benzene rings is 2. The summed E-state index contributed by atoms with van der Waals surface area (Å²) in [6.45, 7) is 6.85. The van der Waals surface area contributed by atoms with E-state index in [1.807, 2.05) is 6.07 Å². The van der Waals surface area contributed by atoms with E-state index >= 15 is 0 Å². The zero-order chi connectivity index (χ0) is 20.6. The van der Waals surface area contributed by atoms with Crippen molar-refractivity contribution in [1.82, 2.24) is 9.80 Å². The highest BCUT2D eigenvalue weighted by Crippen LogP contribution is 2.32. The van der Waals surface area contributed by atoms with Crippen LogP contribution in [0.1, 0.15) is 11.1 Å². The van der Waals surface area contributed by atoms with Gasteiger partial charge >= 0.3 is 11.9 Å². The maximum absolute atomic E-state index is 9.10. The summed E-state index contributed by atoms with van der Waals surface area (Å²) in [5.41, 5.74) is 2.70. The van der Waals surface area contributed by atoms with E-state index in [0.717, 1.165) is 50.8 Å². The first-order valence-electron chi connectivity index (χ1n) is 9.34. The number of carboxylic acid groups (broad SMARTS) is 2. The quantitative estimate of drug-likeness (QED) is 0.751. The van der Waals surface area contributed by atoms with Crippen molar-refractivity contribution in [1.29, 1.82) is 0 Å². The summed E-state index contributed by atoms with van der Waals surface area (Å²) in [4.78, 5) is 23.2. The minimum absolute atomic E-state index is 0.344. The third kappa shape index (κ3) is 6.20. The van der Waals surface area contributed by atoms with Crippen LogP contribution in [0.3, 0.4) is 0 Å². The lowest BCUT2D eigenvalue weighted by molar-refractivity contribution is -0.159. The molecule has 154 valence electrons. The van der Waals surface area contributed by atoms with E-state index in [1.165, 1.54) is 11.1 Å². The van der Waals surface area contributed by atoms with Gasteiger partial charge in [-0.25, -0.2) is 9.59 Å².